The zero-order chi connectivity index (χ0) is 3.41. The molecule has 0 heterocycles. The Balaban J connectivity index is 0. The maximum absolute atomic E-state index is 8.70. The fourth-order valence-corrected chi connectivity index (χ4v) is 0. The summed E-state index contributed by atoms with van der Waals surface area (Å²) in [5.74, 6) is 0. The molecule has 26 valence electrons. The standard InChI is InChI=1S/BH2NO2.Ca.2H/c1-4-2-3;;;/h1H2;;;. The van der Waals surface area contributed by atoms with Crippen LogP contribution in [-0.4, -0.2) is 45.8 Å². The van der Waals surface area contributed by atoms with Gasteiger partial charge in [0.2, 0.25) is 0 Å². The summed E-state index contributed by atoms with van der Waals surface area (Å²) in [5.41, 5.74) is 0. The van der Waals surface area contributed by atoms with Crippen LogP contribution < -0.4 is 0 Å². The van der Waals surface area contributed by atoms with Crippen LogP contribution in [0.3, 0.4) is 0 Å². The van der Waals surface area contributed by atoms with Gasteiger partial charge in [-0.2, -0.15) is 0 Å². The molecule has 3 nitrogen and oxygen atoms in total. The van der Waals surface area contributed by atoms with Gasteiger partial charge in [-0.15, -0.1) is 4.91 Å². The molecule has 5 heteroatoms. The fourth-order valence-electron chi connectivity index (χ4n) is 0. The van der Waals surface area contributed by atoms with Crippen LogP contribution in [0.5, 0.6) is 0 Å². The second kappa shape index (κ2) is 8.83. The van der Waals surface area contributed by atoms with Gasteiger partial charge in [0.15, 0.2) is 0 Å². The van der Waals surface area contributed by atoms with E-state index in [2.05, 4.69) is 4.76 Å². The van der Waals surface area contributed by atoms with E-state index < -0.39 is 0 Å². The summed E-state index contributed by atoms with van der Waals surface area (Å²) in [4.78, 5) is 8.70. The predicted molar refractivity (Wildman–Crippen MR) is 24.0 cm³/mol. The number of hydrogen-bond acceptors (Lipinski definition) is 3. The van der Waals surface area contributed by atoms with Crippen molar-refractivity contribution >= 4 is 45.8 Å². The molecule has 0 aromatic carbocycles. The number of nitrogens with zero attached hydrogens (tertiary/aromatic N) is 1. The van der Waals surface area contributed by atoms with Crippen molar-refractivity contribution in [2.24, 2.45) is 5.34 Å². The van der Waals surface area contributed by atoms with Crippen LogP contribution in [0.25, 0.3) is 0 Å². The normalized spacial score (nSPS) is 4.00. The van der Waals surface area contributed by atoms with Gasteiger partial charge in [0.25, 0.3) is 0 Å². The van der Waals surface area contributed by atoms with Crippen LogP contribution in [0.1, 0.15) is 0 Å². The third-order valence-corrected chi connectivity index (χ3v) is 0.0745. The summed E-state index contributed by atoms with van der Waals surface area (Å²) in [5, 5.41) is 1.99. The molecule has 0 aliphatic rings. The Morgan fingerprint density at radius 2 is 2.00 bits per heavy atom. The molecular formula is H4BCaNO2. The molecule has 0 bridgehead atoms. The zero-order valence-electron chi connectivity index (χ0n) is 2.26. The second-order valence-corrected chi connectivity index (χ2v) is 0.257. The summed E-state index contributed by atoms with van der Waals surface area (Å²) < 4.78 is 3.61. The van der Waals surface area contributed by atoms with E-state index in [1.807, 2.05) is 5.34 Å². The fraction of sp³-hybridized carbons (Fsp3) is 0. The molecular weight excluding hydrogens is 96.9 g/mol. The Morgan fingerprint density at radius 1 is 1.80 bits per heavy atom. The summed E-state index contributed by atoms with van der Waals surface area (Å²) >= 11 is 0. The first-order valence-corrected chi connectivity index (χ1v) is 0.773. The molecule has 0 saturated carbocycles. The van der Waals surface area contributed by atoms with Crippen molar-refractivity contribution in [3.05, 3.63) is 4.91 Å². The molecule has 0 aromatic heterocycles. The topological polar surface area (TPSA) is 38.7 Å². The van der Waals surface area contributed by atoms with E-state index in [9.17, 15) is 0 Å². The van der Waals surface area contributed by atoms with Gasteiger partial charge in [-0.25, -0.2) is 0 Å². The first-order valence-electron chi connectivity index (χ1n) is 0.773. The Morgan fingerprint density at radius 3 is 2.00 bits per heavy atom. The molecule has 0 fully saturated rings. The maximum atomic E-state index is 8.70. The van der Waals surface area contributed by atoms with Gasteiger partial charge >= 0.3 is 45.8 Å². The van der Waals surface area contributed by atoms with E-state index in [1.165, 1.54) is 8.05 Å². The molecule has 0 spiro atoms. The average molecular weight is 101 g/mol. The van der Waals surface area contributed by atoms with Crippen LogP contribution in [-0.2, 0) is 4.76 Å². The number of rotatable bonds is 1. The predicted octanol–water partition coefficient (Wildman–Crippen LogP) is -1.68. The molecule has 0 atom stereocenters. The van der Waals surface area contributed by atoms with E-state index in [4.69, 9.17) is 4.91 Å². The van der Waals surface area contributed by atoms with E-state index in [1.54, 1.807) is 0 Å². The van der Waals surface area contributed by atoms with Crippen molar-refractivity contribution in [3.63, 3.8) is 0 Å². The second-order valence-electron chi connectivity index (χ2n) is 0.257. The van der Waals surface area contributed by atoms with Crippen LogP contribution in [0, 0.1) is 4.91 Å². The molecule has 5 heavy (non-hydrogen) atoms. The van der Waals surface area contributed by atoms with Gasteiger partial charge < -0.3 is 4.76 Å². The van der Waals surface area contributed by atoms with Crippen molar-refractivity contribution in [1.82, 2.24) is 0 Å². The molecule has 0 aliphatic carbocycles. The third kappa shape index (κ3) is 11.8. The van der Waals surface area contributed by atoms with Gasteiger partial charge in [0.05, 0.1) is 0 Å². The summed E-state index contributed by atoms with van der Waals surface area (Å²) in [7, 11) is 1.20. The average Bonchev–Trinajstić information content (AvgIpc) is 1.37. The van der Waals surface area contributed by atoms with Gasteiger partial charge in [-0.05, 0) is 0 Å². The van der Waals surface area contributed by atoms with Gasteiger partial charge in [0.1, 0.15) is 5.34 Å². The first-order chi connectivity index (χ1) is 1.91. The Bertz CT molecular complexity index is 23.6. The molecule has 0 aromatic rings. The Kier molecular flexibility index (Phi) is 16.3. The van der Waals surface area contributed by atoms with Crippen LogP contribution >= 0.6 is 0 Å². The molecule has 0 unspecified atom stereocenters. The van der Waals surface area contributed by atoms with Crippen molar-refractivity contribution in [3.8, 4) is 0 Å². The van der Waals surface area contributed by atoms with Crippen LogP contribution in [0.15, 0.2) is 5.34 Å². The minimum absolute atomic E-state index is 0. The molecule has 0 aliphatic heterocycles. The van der Waals surface area contributed by atoms with E-state index >= 15 is 0 Å². The monoisotopic (exact) mass is 101 g/mol. The van der Waals surface area contributed by atoms with Crippen molar-refractivity contribution in [2.75, 3.05) is 0 Å². The number of hydrogen-bond donors (Lipinski definition) is 0. The van der Waals surface area contributed by atoms with E-state index in [0.717, 1.165) is 0 Å². The third-order valence-electron chi connectivity index (χ3n) is 0.0745. The Hall–Kier alpha value is 0.725. The van der Waals surface area contributed by atoms with Crippen molar-refractivity contribution in [2.45, 2.75) is 0 Å². The SMILES string of the molecule is BON=O.[CaH2]. The van der Waals surface area contributed by atoms with E-state index in [0.29, 0.717) is 0 Å². The Labute approximate surface area is 60.4 Å². The quantitative estimate of drug-likeness (QED) is 0.224. The van der Waals surface area contributed by atoms with Gasteiger partial charge in [0, 0.05) is 0 Å². The zero-order valence-corrected chi connectivity index (χ0v) is 2.26. The van der Waals surface area contributed by atoms with Crippen molar-refractivity contribution < 1.29 is 4.76 Å². The molecule has 0 saturated heterocycles. The molecule has 0 amide bonds. The van der Waals surface area contributed by atoms with Gasteiger partial charge in [-0.1, -0.05) is 0 Å². The van der Waals surface area contributed by atoms with Gasteiger partial charge in [-0.3, -0.25) is 0 Å². The van der Waals surface area contributed by atoms with Crippen LogP contribution in [0.4, 0.5) is 0 Å². The summed E-state index contributed by atoms with van der Waals surface area (Å²) in [6.45, 7) is 0. The molecule has 0 N–H and O–H groups in total. The summed E-state index contributed by atoms with van der Waals surface area (Å²) in [6, 6.07) is 0. The van der Waals surface area contributed by atoms with Crippen molar-refractivity contribution in [1.29, 1.82) is 0 Å². The molecule has 0 rings (SSSR count). The minimum atomic E-state index is 0. The van der Waals surface area contributed by atoms with E-state index in [-0.39, 0.29) is 37.7 Å². The first kappa shape index (κ1) is 9.21. The molecule has 0 radical (unpaired) electrons. The van der Waals surface area contributed by atoms with Crippen LogP contribution in [0.2, 0.25) is 0 Å². The summed E-state index contributed by atoms with van der Waals surface area (Å²) in [6.07, 6.45) is 0.